The van der Waals surface area contributed by atoms with Gasteiger partial charge in [0.05, 0.1) is 15.8 Å². The molecular formula is C12H17BrN2O2S. The van der Waals surface area contributed by atoms with Gasteiger partial charge < -0.3 is 10.6 Å². The minimum atomic E-state index is -3.23. The highest BCUT2D eigenvalue weighted by atomic mass is 79.9. The van der Waals surface area contributed by atoms with Crippen molar-refractivity contribution in [3.8, 4) is 0 Å². The molecule has 0 bridgehead atoms. The molecule has 1 atom stereocenters. The van der Waals surface area contributed by atoms with Crippen LogP contribution in [0.3, 0.4) is 0 Å². The van der Waals surface area contributed by atoms with Crippen LogP contribution in [0.5, 0.6) is 0 Å². The van der Waals surface area contributed by atoms with Crippen LogP contribution in [0.2, 0.25) is 0 Å². The van der Waals surface area contributed by atoms with Gasteiger partial charge in [0.1, 0.15) is 0 Å². The number of nitrogens with zero attached hydrogens (tertiary/aromatic N) is 1. The maximum absolute atomic E-state index is 12.4. The van der Waals surface area contributed by atoms with E-state index in [9.17, 15) is 8.42 Å². The molecule has 1 heterocycles. The number of benzene rings is 1. The largest absolute Gasteiger partial charge is 0.367 e. The topological polar surface area (TPSA) is 63.4 Å². The number of fused-ring (bicyclic) bond motifs is 1. The van der Waals surface area contributed by atoms with Crippen LogP contribution in [0.25, 0.3) is 0 Å². The van der Waals surface area contributed by atoms with E-state index in [2.05, 4.69) is 15.9 Å². The van der Waals surface area contributed by atoms with Gasteiger partial charge >= 0.3 is 0 Å². The molecule has 1 aromatic carbocycles. The highest BCUT2D eigenvalue weighted by Crippen LogP contribution is 2.39. The molecule has 0 saturated carbocycles. The average Bonchev–Trinajstić information content (AvgIpc) is 2.25. The first-order valence-electron chi connectivity index (χ1n) is 5.87. The fourth-order valence-electron chi connectivity index (χ4n) is 2.30. The molecule has 4 nitrogen and oxygen atoms in total. The van der Waals surface area contributed by atoms with Crippen molar-refractivity contribution in [1.82, 2.24) is 0 Å². The Labute approximate surface area is 116 Å². The van der Waals surface area contributed by atoms with Crippen molar-refractivity contribution in [3.05, 3.63) is 22.2 Å². The summed E-state index contributed by atoms with van der Waals surface area (Å²) < 4.78 is 25.6. The monoisotopic (exact) mass is 332 g/mol. The van der Waals surface area contributed by atoms with Gasteiger partial charge in [-0.2, -0.15) is 0 Å². The van der Waals surface area contributed by atoms with Gasteiger partial charge in [-0.25, -0.2) is 8.42 Å². The third-order valence-corrected chi connectivity index (χ3v) is 5.94. The normalized spacial score (nSPS) is 21.8. The lowest BCUT2D eigenvalue weighted by molar-refractivity contribution is 0.572. The third kappa shape index (κ3) is 2.17. The molecule has 0 amide bonds. The van der Waals surface area contributed by atoms with Gasteiger partial charge in [0, 0.05) is 24.1 Å². The van der Waals surface area contributed by atoms with E-state index in [0.29, 0.717) is 24.5 Å². The maximum Gasteiger partial charge on any atom is 0.184 e. The molecule has 1 aliphatic heterocycles. The molecule has 0 fully saturated rings. The highest BCUT2D eigenvalue weighted by molar-refractivity contribution is 9.10. The molecule has 0 saturated heterocycles. The predicted molar refractivity (Wildman–Crippen MR) is 76.8 cm³/mol. The summed E-state index contributed by atoms with van der Waals surface area (Å²) >= 11 is 3.47. The van der Waals surface area contributed by atoms with Crippen molar-refractivity contribution in [2.24, 2.45) is 5.73 Å². The SMILES string of the molecule is Cc1cc(Br)c2c(c1)S(=O)(=O)C(C)CN2CCN. The molecule has 1 aromatic rings. The molecule has 0 spiro atoms. The van der Waals surface area contributed by atoms with Crippen molar-refractivity contribution < 1.29 is 8.42 Å². The van der Waals surface area contributed by atoms with Crippen molar-refractivity contribution in [2.75, 3.05) is 24.5 Å². The molecule has 0 aromatic heterocycles. The summed E-state index contributed by atoms with van der Waals surface area (Å²) in [7, 11) is -3.23. The third-order valence-electron chi connectivity index (χ3n) is 3.20. The van der Waals surface area contributed by atoms with Gasteiger partial charge in [0.25, 0.3) is 0 Å². The average molecular weight is 333 g/mol. The van der Waals surface area contributed by atoms with Crippen molar-refractivity contribution in [3.63, 3.8) is 0 Å². The Kier molecular flexibility index (Phi) is 3.71. The van der Waals surface area contributed by atoms with E-state index < -0.39 is 15.1 Å². The summed E-state index contributed by atoms with van der Waals surface area (Å²) in [6.45, 7) is 5.31. The first-order chi connectivity index (χ1) is 8.37. The summed E-state index contributed by atoms with van der Waals surface area (Å²) in [6.07, 6.45) is 0. The number of sulfone groups is 1. The van der Waals surface area contributed by atoms with E-state index >= 15 is 0 Å². The van der Waals surface area contributed by atoms with E-state index in [-0.39, 0.29) is 0 Å². The second-order valence-electron chi connectivity index (χ2n) is 4.68. The van der Waals surface area contributed by atoms with Crippen LogP contribution >= 0.6 is 15.9 Å². The molecule has 1 unspecified atom stereocenters. The number of halogens is 1. The predicted octanol–water partition coefficient (Wildman–Crippen LogP) is 1.70. The van der Waals surface area contributed by atoms with E-state index in [1.807, 2.05) is 17.9 Å². The van der Waals surface area contributed by atoms with Gasteiger partial charge in [-0.3, -0.25) is 0 Å². The van der Waals surface area contributed by atoms with Crippen LogP contribution in [0.4, 0.5) is 5.69 Å². The van der Waals surface area contributed by atoms with Crippen molar-refractivity contribution >= 4 is 31.5 Å². The smallest absolute Gasteiger partial charge is 0.184 e. The molecule has 18 heavy (non-hydrogen) atoms. The first-order valence-corrected chi connectivity index (χ1v) is 8.21. The van der Waals surface area contributed by atoms with Gasteiger partial charge in [-0.05, 0) is 47.5 Å². The fourth-order valence-corrected chi connectivity index (χ4v) is 4.93. The van der Waals surface area contributed by atoms with Crippen LogP contribution in [0, 0.1) is 6.92 Å². The van der Waals surface area contributed by atoms with Gasteiger partial charge in [-0.1, -0.05) is 0 Å². The number of hydrogen-bond acceptors (Lipinski definition) is 4. The number of nitrogens with two attached hydrogens (primary N) is 1. The zero-order chi connectivity index (χ0) is 13.5. The zero-order valence-corrected chi connectivity index (χ0v) is 12.9. The van der Waals surface area contributed by atoms with Gasteiger partial charge in [0.15, 0.2) is 9.84 Å². The number of rotatable bonds is 2. The summed E-state index contributed by atoms with van der Waals surface area (Å²) in [5, 5.41) is -0.398. The highest BCUT2D eigenvalue weighted by Gasteiger charge is 2.35. The summed E-state index contributed by atoms with van der Waals surface area (Å²) in [5.41, 5.74) is 7.29. The van der Waals surface area contributed by atoms with Crippen LogP contribution in [0.1, 0.15) is 12.5 Å². The van der Waals surface area contributed by atoms with Crippen LogP contribution in [0.15, 0.2) is 21.5 Å². The van der Waals surface area contributed by atoms with Crippen LogP contribution < -0.4 is 10.6 Å². The van der Waals surface area contributed by atoms with E-state index in [1.54, 1.807) is 13.0 Å². The number of anilines is 1. The standard InChI is InChI=1S/C12H17BrN2O2S/c1-8-5-10(13)12-11(6-8)18(16,17)9(2)7-15(12)4-3-14/h5-6,9H,3-4,7,14H2,1-2H3. The lowest BCUT2D eigenvalue weighted by Crippen LogP contribution is -2.43. The Bertz CT molecular complexity index is 572. The Morgan fingerprint density at radius 2 is 2.17 bits per heavy atom. The molecule has 1 aliphatic rings. The summed E-state index contributed by atoms with van der Waals surface area (Å²) in [5.74, 6) is 0. The Morgan fingerprint density at radius 1 is 1.50 bits per heavy atom. The number of hydrogen-bond donors (Lipinski definition) is 1. The summed E-state index contributed by atoms with van der Waals surface area (Å²) in [4.78, 5) is 2.46. The molecule has 6 heteroatoms. The Morgan fingerprint density at radius 3 is 2.78 bits per heavy atom. The number of aryl methyl sites for hydroxylation is 1. The molecular weight excluding hydrogens is 316 g/mol. The van der Waals surface area contributed by atoms with Gasteiger partial charge in [-0.15, -0.1) is 0 Å². The Balaban J connectivity index is 2.68. The molecule has 0 aliphatic carbocycles. The quantitative estimate of drug-likeness (QED) is 0.895. The zero-order valence-electron chi connectivity index (χ0n) is 10.5. The second kappa shape index (κ2) is 4.83. The fraction of sp³-hybridized carbons (Fsp3) is 0.500. The molecule has 0 radical (unpaired) electrons. The minimum Gasteiger partial charge on any atom is -0.367 e. The van der Waals surface area contributed by atoms with Crippen molar-refractivity contribution in [2.45, 2.75) is 24.0 Å². The lowest BCUT2D eigenvalue weighted by Gasteiger charge is -2.35. The Hall–Kier alpha value is -0.590. The van der Waals surface area contributed by atoms with E-state index in [1.165, 1.54) is 0 Å². The van der Waals surface area contributed by atoms with Crippen LogP contribution in [-0.2, 0) is 9.84 Å². The maximum atomic E-state index is 12.4. The van der Waals surface area contributed by atoms with E-state index in [4.69, 9.17) is 5.73 Å². The van der Waals surface area contributed by atoms with Crippen molar-refractivity contribution in [1.29, 1.82) is 0 Å². The summed E-state index contributed by atoms with van der Waals surface area (Å²) in [6, 6.07) is 3.68. The molecule has 100 valence electrons. The van der Waals surface area contributed by atoms with Gasteiger partial charge in [0.2, 0.25) is 0 Å². The lowest BCUT2D eigenvalue weighted by atomic mass is 10.2. The minimum absolute atomic E-state index is 0.398. The molecule has 2 rings (SSSR count). The second-order valence-corrected chi connectivity index (χ2v) is 7.87. The van der Waals surface area contributed by atoms with E-state index in [0.717, 1.165) is 15.7 Å². The van der Waals surface area contributed by atoms with Crippen LogP contribution in [-0.4, -0.2) is 33.3 Å². The first kappa shape index (κ1) is 13.8. The molecule has 2 N–H and O–H groups in total.